The van der Waals surface area contributed by atoms with Crippen LogP contribution in [0.5, 0.6) is 0 Å². The van der Waals surface area contributed by atoms with Crippen LogP contribution in [0.3, 0.4) is 0 Å². The average molecular weight is 324 g/mol. The Hall–Kier alpha value is -1.26. The lowest BCUT2D eigenvalue weighted by Crippen LogP contribution is -2.40. The number of nitrogens with zero attached hydrogens (tertiary/aromatic N) is 1. The summed E-state index contributed by atoms with van der Waals surface area (Å²) in [5, 5.41) is 3.98. The third kappa shape index (κ3) is 4.37. The molecular formula is C17H26ClN3O. The Kier molecular flexibility index (Phi) is 6.52. The first-order chi connectivity index (χ1) is 10.7. The molecule has 1 aliphatic carbocycles. The SMILES string of the molecule is CCOCCCNC(N)=NCC1(c2ccccc2Cl)CCC1. The summed E-state index contributed by atoms with van der Waals surface area (Å²) in [6, 6.07) is 8.08. The maximum atomic E-state index is 6.36. The third-order valence-electron chi connectivity index (χ3n) is 4.28. The van der Waals surface area contributed by atoms with E-state index in [1.165, 1.54) is 12.0 Å². The van der Waals surface area contributed by atoms with Crippen molar-refractivity contribution < 1.29 is 4.74 Å². The second-order valence-corrected chi connectivity index (χ2v) is 6.20. The first-order valence-electron chi connectivity index (χ1n) is 8.04. The fourth-order valence-electron chi connectivity index (χ4n) is 2.83. The highest BCUT2D eigenvalue weighted by atomic mass is 35.5. The van der Waals surface area contributed by atoms with Crippen molar-refractivity contribution in [1.29, 1.82) is 0 Å². The maximum Gasteiger partial charge on any atom is 0.188 e. The summed E-state index contributed by atoms with van der Waals surface area (Å²) in [5.41, 5.74) is 7.23. The number of nitrogens with two attached hydrogens (primary N) is 1. The van der Waals surface area contributed by atoms with Crippen LogP contribution in [-0.2, 0) is 10.2 Å². The Morgan fingerprint density at radius 3 is 2.82 bits per heavy atom. The van der Waals surface area contributed by atoms with E-state index in [2.05, 4.69) is 16.4 Å². The molecule has 0 unspecified atom stereocenters. The van der Waals surface area contributed by atoms with Gasteiger partial charge in [0.25, 0.3) is 0 Å². The van der Waals surface area contributed by atoms with Gasteiger partial charge in [-0.1, -0.05) is 36.2 Å². The van der Waals surface area contributed by atoms with Crippen molar-refractivity contribution in [3.8, 4) is 0 Å². The Labute approximate surface area is 138 Å². The summed E-state index contributed by atoms with van der Waals surface area (Å²) >= 11 is 6.36. The normalized spacial score (nSPS) is 17.1. The largest absolute Gasteiger partial charge is 0.382 e. The summed E-state index contributed by atoms with van der Waals surface area (Å²) < 4.78 is 5.29. The van der Waals surface area contributed by atoms with Crippen molar-refractivity contribution in [2.45, 2.75) is 38.0 Å². The zero-order chi connectivity index (χ0) is 15.8. The number of hydrogen-bond donors (Lipinski definition) is 2. The molecular weight excluding hydrogens is 298 g/mol. The van der Waals surface area contributed by atoms with E-state index in [1.807, 2.05) is 25.1 Å². The van der Waals surface area contributed by atoms with Gasteiger partial charge in [-0.15, -0.1) is 0 Å². The lowest BCUT2D eigenvalue weighted by Gasteiger charge is -2.41. The monoisotopic (exact) mass is 323 g/mol. The molecule has 0 amide bonds. The number of ether oxygens (including phenoxy) is 1. The third-order valence-corrected chi connectivity index (χ3v) is 4.61. The first-order valence-corrected chi connectivity index (χ1v) is 8.42. The molecule has 2 rings (SSSR count). The fourth-order valence-corrected chi connectivity index (χ4v) is 3.17. The van der Waals surface area contributed by atoms with Gasteiger partial charge in [0.1, 0.15) is 0 Å². The molecule has 0 aromatic heterocycles. The van der Waals surface area contributed by atoms with Crippen LogP contribution in [-0.4, -0.2) is 32.3 Å². The van der Waals surface area contributed by atoms with E-state index in [-0.39, 0.29) is 5.41 Å². The zero-order valence-corrected chi connectivity index (χ0v) is 14.0. The summed E-state index contributed by atoms with van der Waals surface area (Å²) in [7, 11) is 0. The molecule has 1 fully saturated rings. The van der Waals surface area contributed by atoms with Crippen molar-refractivity contribution in [2.24, 2.45) is 10.7 Å². The molecule has 1 aromatic carbocycles. The van der Waals surface area contributed by atoms with Gasteiger partial charge >= 0.3 is 0 Å². The predicted molar refractivity (Wildman–Crippen MR) is 92.6 cm³/mol. The summed E-state index contributed by atoms with van der Waals surface area (Å²) in [6.07, 6.45) is 4.40. The van der Waals surface area contributed by atoms with Crippen molar-refractivity contribution in [1.82, 2.24) is 5.32 Å². The van der Waals surface area contributed by atoms with Crippen molar-refractivity contribution in [3.63, 3.8) is 0 Å². The van der Waals surface area contributed by atoms with Gasteiger partial charge in [0.05, 0.1) is 6.54 Å². The molecule has 0 aliphatic heterocycles. The summed E-state index contributed by atoms with van der Waals surface area (Å²) in [5.74, 6) is 0.509. The topological polar surface area (TPSA) is 59.6 Å². The summed E-state index contributed by atoms with van der Waals surface area (Å²) in [6.45, 7) is 4.98. The number of guanidine groups is 1. The quantitative estimate of drug-likeness (QED) is 0.439. The van der Waals surface area contributed by atoms with Gasteiger partial charge in [-0.05, 0) is 37.8 Å². The van der Waals surface area contributed by atoms with Crippen molar-refractivity contribution in [3.05, 3.63) is 34.9 Å². The van der Waals surface area contributed by atoms with Crippen molar-refractivity contribution >= 4 is 17.6 Å². The smallest absolute Gasteiger partial charge is 0.188 e. The Morgan fingerprint density at radius 2 is 2.18 bits per heavy atom. The Bertz CT molecular complexity index is 500. The van der Waals surface area contributed by atoms with E-state index in [9.17, 15) is 0 Å². The summed E-state index contributed by atoms with van der Waals surface area (Å²) in [4.78, 5) is 4.54. The fraction of sp³-hybridized carbons (Fsp3) is 0.588. The number of hydrogen-bond acceptors (Lipinski definition) is 2. The Morgan fingerprint density at radius 1 is 1.41 bits per heavy atom. The molecule has 0 radical (unpaired) electrons. The van der Waals surface area contributed by atoms with Crippen LogP contribution in [0.1, 0.15) is 38.2 Å². The van der Waals surface area contributed by atoms with E-state index in [0.29, 0.717) is 12.5 Å². The molecule has 0 spiro atoms. The van der Waals surface area contributed by atoms with Crippen LogP contribution in [0.15, 0.2) is 29.3 Å². The van der Waals surface area contributed by atoms with Gasteiger partial charge in [0.15, 0.2) is 5.96 Å². The second-order valence-electron chi connectivity index (χ2n) is 5.79. The Balaban J connectivity index is 1.88. The lowest BCUT2D eigenvalue weighted by molar-refractivity contribution is 0.145. The molecule has 22 heavy (non-hydrogen) atoms. The second kappa shape index (κ2) is 8.39. The van der Waals surface area contributed by atoms with Gasteiger partial charge in [-0.3, -0.25) is 4.99 Å². The maximum absolute atomic E-state index is 6.36. The number of halogens is 1. The highest BCUT2D eigenvalue weighted by Gasteiger charge is 2.39. The first kappa shape index (κ1) is 17.1. The minimum Gasteiger partial charge on any atom is -0.382 e. The highest BCUT2D eigenvalue weighted by Crippen LogP contribution is 2.46. The van der Waals surface area contributed by atoms with E-state index < -0.39 is 0 Å². The molecule has 0 heterocycles. The number of nitrogens with one attached hydrogen (secondary N) is 1. The zero-order valence-electron chi connectivity index (χ0n) is 13.3. The van der Waals surface area contributed by atoms with Crippen LogP contribution in [0, 0.1) is 0 Å². The van der Waals surface area contributed by atoms with Crippen LogP contribution >= 0.6 is 11.6 Å². The highest BCUT2D eigenvalue weighted by molar-refractivity contribution is 6.31. The molecule has 1 aliphatic rings. The lowest BCUT2D eigenvalue weighted by atomic mass is 9.64. The number of rotatable bonds is 8. The van der Waals surface area contributed by atoms with Gasteiger partial charge in [0.2, 0.25) is 0 Å². The van der Waals surface area contributed by atoms with Gasteiger partial charge in [-0.25, -0.2) is 0 Å². The predicted octanol–water partition coefficient (Wildman–Crippen LogP) is 3.09. The molecule has 4 nitrogen and oxygen atoms in total. The molecule has 1 aromatic rings. The van der Waals surface area contributed by atoms with Crippen LogP contribution in [0.2, 0.25) is 5.02 Å². The van der Waals surface area contributed by atoms with Gasteiger partial charge < -0.3 is 15.8 Å². The molecule has 5 heteroatoms. The number of aliphatic imine (C=N–C) groups is 1. The van der Waals surface area contributed by atoms with Crippen molar-refractivity contribution in [2.75, 3.05) is 26.3 Å². The van der Waals surface area contributed by atoms with E-state index in [1.54, 1.807) is 0 Å². The molecule has 122 valence electrons. The van der Waals surface area contributed by atoms with Crippen LogP contribution in [0.25, 0.3) is 0 Å². The minimum atomic E-state index is 0.0654. The van der Waals surface area contributed by atoms with E-state index in [0.717, 1.165) is 44.0 Å². The van der Waals surface area contributed by atoms with E-state index >= 15 is 0 Å². The molecule has 1 saturated carbocycles. The molecule has 0 saturated heterocycles. The van der Waals surface area contributed by atoms with Crippen LogP contribution in [0.4, 0.5) is 0 Å². The minimum absolute atomic E-state index is 0.0654. The molecule has 0 bridgehead atoms. The van der Waals surface area contributed by atoms with Crippen LogP contribution < -0.4 is 11.1 Å². The molecule has 3 N–H and O–H groups in total. The molecule has 0 atom stereocenters. The van der Waals surface area contributed by atoms with E-state index in [4.69, 9.17) is 22.1 Å². The number of benzene rings is 1. The van der Waals surface area contributed by atoms with Gasteiger partial charge in [-0.2, -0.15) is 0 Å². The van der Waals surface area contributed by atoms with Gasteiger partial charge in [0, 0.05) is 30.2 Å². The standard InChI is InChI=1S/C17H26ClN3O/c1-2-22-12-6-11-20-16(19)21-13-17(9-5-10-17)14-7-3-4-8-15(14)18/h3-4,7-8H,2,5-6,9-13H2,1H3,(H3,19,20,21). The average Bonchev–Trinajstić information content (AvgIpc) is 2.47.